The minimum absolute atomic E-state index is 0.0926. The molecule has 0 bridgehead atoms. The molecule has 0 radical (unpaired) electrons. The highest BCUT2D eigenvalue weighted by Crippen LogP contribution is 2.40. The van der Waals surface area contributed by atoms with Crippen LogP contribution in [0.5, 0.6) is 5.75 Å². The highest BCUT2D eigenvalue weighted by Gasteiger charge is 2.28. The van der Waals surface area contributed by atoms with Gasteiger partial charge in [0.15, 0.2) is 5.78 Å². The molecule has 0 saturated carbocycles. The van der Waals surface area contributed by atoms with Gasteiger partial charge >= 0.3 is 35.8 Å². The lowest BCUT2D eigenvalue weighted by Gasteiger charge is -2.30. The van der Waals surface area contributed by atoms with Crippen molar-refractivity contribution in [1.29, 1.82) is 0 Å². The largest absolute Gasteiger partial charge is 0.492 e. The number of likely N-dealkylation sites (tertiary alicyclic amines) is 2. The fourth-order valence-electron chi connectivity index (χ4n) is 7.05. The lowest BCUT2D eigenvalue weighted by atomic mass is 9.97. The van der Waals surface area contributed by atoms with Gasteiger partial charge in [-0.2, -0.15) is 0 Å². The summed E-state index contributed by atoms with van der Waals surface area (Å²) in [7, 11) is 0. The first-order chi connectivity index (χ1) is 28.7. The van der Waals surface area contributed by atoms with E-state index in [-0.39, 0.29) is 5.78 Å². The number of carbonyl (C=O) groups excluding carboxylic acids is 1. The Labute approximate surface area is 348 Å². The van der Waals surface area contributed by atoms with Crippen molar-refractivity contribution >= 4 is 68.7 Å². The number of thiophene rings is 1. The van der Waals surface area contributed by atoms with Crippen LogP contribution in [-0.4, -0.2) is 141 Å². The molecule has 4 aromatic rings. The van der Waals surface area contributed by atoms with E-state index < -0.39 is 35.8 Å². The van der Waals surface area contributed by atoms with Gasteiger partial charge in [-0.1, -0.05) is 18.2 Å². The first-order valence-electron chi connectivity index (χ1n) is 19.2. The molecule has 6 N–H and O–H groups in total. The van der Waals surface area contributed by atoms with Gasteiger partial charge in [-0.15, -0.1) is 11.3 Å². The SMILES string of the molecule is O=C(O)C(=O)O.O=C(O)C(=O)O.O=C(O)C(=O)O.O=C(c1ccc(N2CCC[C@H]2CN2CCCC2)cc1)c1c(-c2ccc(OCCN3CCCC3)cc2)sc2ccccc12. The van der Waals surface area contributed by atoms with Gasteiger partial charge in [0.25, 0.3) is 0 Å². The second kappa shape index (κ2) is 22.7. The molecule has 0 amide bonds. The first-order valence-corrected chi connectivity index (χ1v) is 20.0. The zero-order valence-corrected chi connectivity index (χ0v) is 33.4. The molecule has 60 heavy (non-hydrogen) atoms. The maximum absolute atomic E-state index is 14.1. The number of benzene rings is 3. The number of carboxylic acid groups (broad SMARTS) is 6. The van der Waals surface area contributed by atoms with Crippen molar-refractivity contribution in [2.75, 3.05) is 57.3 Å². The van der Waals surface area contributed by atoms with Crippen molar-refractivity contribution in [3.05, 3.63) is 83.9 Å². The molecule has 0 aliphatic carbocycles. The van der Waals surface area contributed by atoms with Crippen LogP contribution in [0.4, 0.5) is 5.69 Å². The molecule has 0 spiro atoms. The predicted octanol–water partition coefficient (Wildman–Crippen LogP) is 4.81. The number of aliphatic carboxylic acids is 6. The number of nitrogens with zero attached hydrogens (tertiary/aromatic N) is 3. The van der Waals surface area contributed by atoms with E-state index in [1.54, 1.807) is 11.3 Å². The number of anilines is 1. The molecule has 3 fully saturated rings. The highest BCUT2D eigenvalue weighted by molar-refractivity contribution is 7.22. The number of hydrogen-bond donors (Lipinski definition) is 6. The molecule has 18 heteroatoms. The maximum atomic E-state index is 14.1. The Morgan fingerprint density at radius 2 is 1.12 bits per heavy atom. The van der Waals surface area contributed by atoms with Gasteiger partial charge in [-0.3, -0.25) is 9.69 Å². The summed E-state index contributed by atoms with van der Waals surface area (Å²) < 4.78 is 7.19. The Morgan fingerprint density at radius 1 is 0.600 bits per heavy atom. The quantitative estimate of drug-likeness (QED) is 0.0924. The van der Waals surface area contributed by atoms with Crippen LogP contribution in [0.3, 0.4) is 0 Å². The number of hydrogen-bond acceptors (Lipinski definition) is 12. The van der Waals surface area contributed by atoms with Gasteiger partial charge in [0.1, 0.15) is 12.4 Å². The van der Waals surface area contributed by atoms with E-state index in [0.717, 1.165) is 57.0 Å². The average molecular weight is 850 g/mol. The fourth-order valence-corrected chi connectivity index (χ4v) is 8.26. The van der Waals surface area contributed by atoms with Gasteiger partial charge in [-0.05, 0) is 125 Å². The first kappa shape index (κ1) is 46.3. The molecule has 320 valence electrons. The maximum Gasteiger partial charge on any atom is 0.414 e. The van der Waals surface area contributed by atoms with Crippen LogP contribution in [0.1, 0.15) is 54.4 Å². The third kappa shape index (κ3) is 13.6. The van der Waals surface area contributed by atoms with Gasteiger partial charge in [-0.25, -0.2) is 28.8 Å². The molecule has 1 atom stereocenters. The normalized spacial score (nSPS) is 16.0. The molecule has 3 aromatic carbocycles. The second-order valence-electron chi connectivity index (χ2n) is 13.9. The van der Waals surface area contributed by atoms with Crippen molar-refractivity contribution in [2.24, 2.45) is 0 Å². The highest BCUT2D eigenvalue weighted by atomic mass is 32.1. The summed E-state index contributed by atoms with van der Waals surface area (Å²) in [5, 5.41) is 45.4. The molecule has 1 aromatic heterocycles. The van der Waals surface area contributed by atoms with E-state index in [1.165, 1.54) is 70.4 Å². The summed E-state index contributed by atoms with van der Waals surface area (Å²) in [5.74, 6) is -9.97. The Hall–Kier alpha value is -6.37. The van der Waals surface area contributed by atoms with Crippen LogP contribution in [0.25, 0.3) is 20.5 Å². The van der Waals surface area contributed by atoms with Crippen molar-refractivity contribution in [3.63, 3.8) is 0 Å². The van der Waals surface area contributed by atoms with Crippen LogP contribution in [-0.2, 0) is 28.8 Å². The van der Waals surface area contributed by atoms with Crippen molar-refractivity contribution in [2.45, 2.75) is 44.6 Å². The number of carbonyl (C=O) groups is 7. The lowest BCUT2D eigenvalue weighted by Crippen LogP contribution is -2.39. The molecule has 7 rings (SSSR count). The third-order valence-electron chi connectivity index (χ3n) is 9.87. The van der Waals surface area contributed by atoms with Gasteiger partial charge < -0.3 is 45.2 Å². The number of carboxylic acids is 6. The molecule has 3 aliphatic heterocycles. The van der Waals surface area contributed by atoms with E-state index in [1.807, 2.05) is 30.3 Å². The minimum atomic E-state index is -1.82. The van der Waals surface area contributed by atoms with Crippen LogP contribution < -0.4 is 9.64 Å². The third-order valence-corrected chi connectivity index (χ3v) is 11.1. The molecule has 4 heterocycles. The van der Waals surface area contributed by atoms with E-state index in [9.17, 15) is 4.79 Å². The topological polar surface area (TPSA) is 260 Å². The zero-order chi connectivity index (χ0) is 43.8. The summed E-state index contributed by atoms with van der Waals surface area (Å²) in [4.78, 5) is 77.4. The van der Waals surface area contributed by atoms with E-state index >= 15 is 0 Å². The van der Waals surface area contributed by atoms with E-state index in [4.69, 9.17) is 64.1 Å². The summed E-state index contributed by atoms with van der Waals surface area (Å²) in [6, 6.07) is 25.6. The molecule has 17 nitrogen and oxygen atoms in total. The molecule has 0 unspecified atom stereocenters. The molecular formula is C42H47N3O14S. The monoisotopic (exact) mass is 849 g/mol. The van der Waals surface area contributed by atoms with Crippen molar-refractivity contribution in [1.82, 2.24) is 9.80 Å². The van der Waals surface area contributed by atoms with Crippen LogP contribution in [0.15, 0.2) is 72.8 Å². The van der Waals surface area contributed by atoms with Gasteiger partial charge in [0.05, 0.1) is 0 Å². The van der Waals surface area contributed by atoms with Crippen LogP contribution >= 0.6 is 11.3 Å². The second-order valence-corrected chi connectivity index (χ2v) is 15.0. The summed E-state index contributed by atoms with van der Waals surface area (Å²) in [5.41, 5.74) is 3.86. The Bertz CT molecular complexity index is 2030. The average Bonchev–Trinajstić information content (AvgIpc) is 4.08. The Balaban J connectivity index is 0.000000371. The van der Waals surface area contributed by atoms with Gasteiger partial charge in [0.2, 0.25) is 0 Å². The Kier molecular flexibility index (Phi) is 17.5. The van der Waals surface area contributed by atoms with Crippen molar-refractivity contribution < 1.29 is 68.9 Å². The molecule has 3 saturated heterocycles. The summed E-state index contributed by atoms with van der Waals surface area (Å²) >= 11 is 1.70. The summed E-state index contributed by atoms with van der Waals surface area (Å²) in [6.07, 6.45) is 7.76. The lowest BCUT2D eigenvalue weighted by molar-refractivity contribution is -0.159. The Morgan fingerprint density at radius 3 is 1.65 bits per heavy atom. The number of fused-ring (bicyclic) bond motifs is 1. The number of ether oxygens (including phenoxy) is 1. The van der Waals surface area contributed by atoms with E-state index in [0.29, 0.717) is 12.6 Å². The molecular weight excluding hydrogens is 803 g/mol. The number of ketones is 1. The molecule has 3 aliphatic rings. The minimum Gasteiger partial charge on any atom is -0.492 e. The van der Waals surface area contributed by atoms with Gasteiger partial charge in [0, 0.05) is 57.5 Å². The zero-order valence-electron chi connectivity index (χ0n) is 32.6. The summed E-state index contributed by atoms with van der Waals surface area (Å²) in [6.45, 7) is 8.80. The van der Waals surface area contributed by atoms with E-state index in [2.05, 4.69) is 57.2 Å². The predicted molar refractivity (Wildman–Crippen MR) is 220 cm³/mol. The number of rotatable bonds is 10. The van der Waals surface area contributed by atoms with Crippen molar-refractivity contribution in [3.8, 4) is 16.2 Å². The fraction of sp³-hybridized carbons (Fsp3) is 0.357. The smallest absolute Gasteiger partial charge is 0.414 e. The standard InChI is InChI=1S/C36H41N3O2S.3C2H2O4/c40-35(27-11-15-29(16-12-27)39-23-7-8-30(39)26-38-21-5-6-22-38)34-32-9-1-2-10-33(32)42-36(34)28-13-17-31(18-14-28)41-25-24-37-19-3-4-20-37;3*3-1(4)2(5)6/h1-2,9-18,30H,3-8,19-26H2;3*(H,3,4)(H,5,6)/t30-;;;/m0.../s1. The van der Waals surface area contributed by atoms with Crippen LogP contribution in [0, 0.1) is 0 Å². The van der Waals surface area contributed by atoms with Crippen LogP contribution in [0.2, 0.25) is 0 Å².